The van der Waals surface area contributed by atoms with Crippen molar-refractivity contribution in [2.75, 3.05) is 36.8 Å². The Morgan fingerprint density at radius 1 is 1.09 bits per heavy atom. The molecule has 0 spiro atoms. The Morgan fingerprint density at radius 3 is 2.38 bits per heavy atom. The van der Waals surface area contributed by atoms with Crippen molar-refractivity contribution in [2.24, 2.45) is 5.92 Å². The number of amides is 1. The van der Waals surface area contributed by atoms with E-state index >= 15 is 0 Å². The molecule has 168 valence electrons. The molecule has 0 bridgehead atoms. The Balaban J connectivity index is 1.44. The van der Waals surface area contributed by atoms with Crippen LogP contribution in [0, 0.1) is 17.2 Å². The first-order chi connectivity index (χ1) is 15.4. The van der Waals surface area contributed by atoms with Gasteiger partial charge in [-0.2, -0.15) is 9.57 Å². The molecule has 9 heteroatoms. The maximum Gasteiger partial charge on any atom is 0.225 e. The number of hydrogen-bond acceptors (Lipinski definition) is 6. The number of sulfonamides is 1. The third-order valence-corrected chi connectivity index (χ3v) is 8.01. The Labute approximate surface area is 188 Å². The van der Waals surface area contributed by atoms with Gasteiger partial charge in [-0.1, -0.05) is 36.4 Å². The molecule has 1 aromatic heterocycles. The second-order valence-corrected chi connectivity index (χ2v) is 10.4. The molecule has 1 atom stereocenters. The lowest BCUT2D eigenvalue weighted by molar-refractivity contribution is -0.125. The number of anilines is 1. The standard InChI is InChI=1S/C23H27N5O3S/c24-18-23(9-10-23)26-22(29)20(16-19-6-2-1-3-7-19)17-32(30,31)28-14-12-27(13-15-28)21-8-4-5-11-25-21/h1-8,11,20H,9-10,12-17H2,(H,26,29)/t20-/m0/s1. The summed E-state index contributed by atoms with van der Waals surface area (Å²) in [6, 6.07) is 17.2. The topological polar surface area (TPSA) is 106 Å². The van der Waals surface area contributed by atoms with Crippen molar-refractivity contribution < 1.29 is 13.2 Å². The van der Waals surface area contributed by atoms with Crippen LogP contribution in [0.3, 0.4) is 0 Å². The minimum Gasteiger partial charge on any atom is -0.354 e. The van der Waals surface area contributed by atoms with Crippen LogP contribution in [-0.2, 0) is 21.2 Å². The van der Waals surface area contributed by atoms with Crippen LogP contribution in [0.5, 0.6) is 0 Å². The molecular formula is C23H27N5O3S. The highest BCUT2D eigenvalue weighted by Gasteiger charge is 2.46. The Bertz CT molecular complexity index is 1070. The summed E-state index contributed by atoms with van der Waals surface area (Å²) in [6.45, 7) is 1.79. The van der Waals surface area contributed by atoms with Gasteiger partial charge in [-0.05, 0) is 37.0 Å². The lowest BCUT2D eigenvalue weighted by Crippen LogP contribution is -2.51. The van der Waals surface area contributed by atoms with Gasteiger partial charge in [-0.15, -0.1) is 0 Å². The maximum absolute atomic E-state index is 13.2. The zero-order valence-electron chi connectivity index (χ0n) is 17.9. The van der Waals surface area contributed by atoms with E-state index in [0.717, 1.165) is 11.4 Å². The van der Waals surface area contributed by atoms with E-state index in [9.17, 15) is 18.5 Å². The number of piperazine rings is 1. The van der Waals surface area contributed by atoms with E-state index in [2.05, 4.69) is 21.3 Å². The summed E-state index contributed by atoms with van der Waals surface area (Å²) >= 11 is 0. The van der Waals surface area contributed by atoms with Crippen LogP contribution in [0.4, 0.5) is 5.82 Å². The average Bonchev–Trinajstić information content (AvgIpc) is 3.60. The summed E-state index contributed by atoms with van der Waals surface area (Å²) in [5.41, 5.74) is 0.0639. The van der Waals surface area contributed by atoms with Crippen LogP contribution >= 0.6 is 0 Å². The molecule has 1 saturated heterocycles. The molecule has 0 unspecified atom stereocenters. The van der Waals surface area contributed by atoms with Crippen LogP contribution < -0.4 is 10.2 Å². The van der Waals surface area contributed by atoms with Gasteiger partial charge in [0.1, 0.15) is 11.4 Å². The summed E-state index contributed by atoms with van der Waals surface area (Å²) in [5, 5.41) is 12.1. The molecule has 32 heavy (non-hydrogen) atoms. The number of nitrogens with zero attached hydrogens (tertiary/aromatic N) is 4. The molecule has 2 aromatic rings. The molecule has 1 aromatic carbocycles. The van der Waals surface area contributed by atoms with Crippen LogP contribution in [0.2, 0.25) is 0 Å². The molecule has 1 aliphatic heterocycles. The van der Waals surface area contributed by atoms with Crippen LogP contribution in [0.15, 0.2) is 54.7 Å². The first-order valence-electron chi connectivity index (χ1n) is 10.8. The Hall–Kier alpha value is -2.96. The van der Waals surface area contributed by atoms with Gasteiger partial charge < -0.3 is 10.2 Å². The normalized spacial score (nSPS) is 19.0. The second-order valence-electron chi connectivity index (χ2n) is 8.42. The molecular weight excluding hydrogens is 426 g/mol. The predicted octanol–water partition coefficient (Wildman–Crippen LogP) is 1.56. The van der Waals surface area contributed by atoms with Gasteiger partial charge in [-0.3, -0.25) is 4.79 Å². The Kier molecular flexibility index (Phi) is 6.44. The number of pyridine rings is 1. The molecule has 8 nitrogen and oxygen atoms in total. The predicted molar refractivity (Wildman–Crippen MR) is 121 cm³/mol. The van der Waals surface area contributed by atoms with E-state index in [1.165, 1.54) is 4.31 Å². The molecule has 1 amide bonds. The molecule has 0 radical (unpaired) electrons. The zero-order chi connectivity index (χ0) is 22.6. The number of aromatic nitrogens is 1. The van der Waals surface area contributed by atoms with Gasteiger partial charge in [0.15, 0.2) is 0 Å². The average molecular weight is 454 g/mol. The third-order valence-electron chi connectivity index (χ3n) is 6.04. The zero-order valence-corrected chi connectivity index (χ0v) is 18.7. The van der Waals surface area contributed by atoms with E-state index < -0.39 is 21.5 Å². The number of carbonyl (C=O) groups is 1. The number of carbonyl (C=O) groups excluding carboxylic acids is 1. The van der Waals surface area contributed by atoms with Crippen molar-refractivity contribution in [2.45, 2.75) is 24.8 Å². The van der Waals surface area contributed by atoms with E-state index in [1.807, 2.05) is 48.5 Å². The van der Waals surface area contributed by atoms with Crippen molar-refractivity contribution in [1.29, 1.82) is 5.26 Å². The smallest absolute Gasteiger partial charge is 0.225 e. The molecule has 4 rings (SSSR count). The summed E-state index contributed by atoms with van der Waals surface area (Å²) in [7, 11) is -3.65. The SMILES string of the molecule is N#CC1(NC(=O)[C@@H](Cc2ccccc2)CS(=O)(=O)N2CCN(c3ccccn3)CC2)CC1. The number of nitrogens with one attached hydrogen (secondary N) is 1. The maximum atomic E-state index is 13.2. The lowest BCUT2D eigenvalue weighted by Gasteiger charge is -2.35. The first-order valence-corrected chi connectivity index (χ1v) is 12.4. The molecule has 2 heterocycles. The molecule has 1 aliphatic carbocycles. The summed E-state index contributed by atoms with van der Waals surface area (Å²) < 4.78 is 27.9. The minimum absolute atomic E-state index is 0.279. The molecule has 2 fully saturated rings. The fourth-order valence-electron chi connectivity index (χ4n) is 3.95. The van der Waals surface area contributed by atoms with Crippen molar-refractivity contribution >= 4 is 21.7 Å². The fourth-order valence-corrected chi connectivity index (χ4v) is 5.66. The summed E-state index contributed by atoms with van der Waals surface area (Å²) in [6.07, 6.45) is 3.24. The highest BCUT2D eigenvalue weighted by Crippen LogP contribution is 2.34. The number of rotatable bonds is 8. The monoisotopic (exact) mass is 453 g/mol. The van der Waals surface area contributed by atoms with Crippen LogP contribution in [0.1, 0.15) is 18.4 Å². The van der Waals surface area contributed by atoms with E-state index in [4.69, 9.17) is 0 Å². The molecule has 1 N–H and O–H groups in total. The third kappa shape index (κ3) is 5.26. The second kappa shape index (κ2) is 9.27. The number of benzene rings is 1. The minimum atomic E-state index is -3.65. The van der Waals surface area contributed by atoms with Crippen LogP contribution in [0.25, 0.3) is 0 Å². The lowest BCUT2D eigenvalue weighted by atomic mass is 10.00. The van der Waals surface area contributed by atoms with Crippen molar-refractivity contribution in [1.82, 2.24) is 14.6 Å². The van der Waals surface area contributed by atoms with E-state index in [0.29, 0.717) is 45.4 Å². The Morgan fingerprint density at radius 2 is 1.78 bits per heavy atom. The van der Waals surface area contributed by atoms with Gasteiger partial charge in [0.25, 0.3) is 0 Å². The quantitative estimate of drug-likeness (QED) is 0.650. The highest BCUT2D eigenvalue weighted by atomic mass is 32.2. The van der Waals surface area contributed by atoms with Gasteiger partial charge in [0.2, 0.25) is 15.9 Å². The number of nitriles is 1. The summed E-state index contributed by atoms with van der Waals surface area (Å²) in [4.78, 5) is 19.4. The van der Waals surface area contributed by atoms with E-state index in [1.54, 1.807) is 6.20 Å². The van der Waals surface area contributed by atoms with Gasteiger partial charge in [0.05, 0.1) is 17.7 Å². The van der Waals surface area contributed by atoms with Crippen molar-refractivity contribution in [3.05, 3.63) is 60.3 Å². The van der Waals surface area contributed by atoms with Gasteiger partial charge >= 0.3 is 0 Å². The van der Waals surface area contributed by atoms with Crippen molar-refractivity contribution in [3.8, 4) is 6.07 Å². The first kappa shape index (κ1) is 22.2. The molecule has 1 saturated carbocycles. The molecule has 2 aliphatic rings. The van der Waals surface area contributed by atoms with Crippen molar-refractivity contribution in [3.63, 3.8) is 0 Å². The van der Waals surface area contributed by atoms with Gasteiger partial charge in [-0.25, -0.2) is 13.4 Å². The van der Waals surface area contributed by atoms with Crippen LogP contribution in [-0.4, -0.2) is 61.1 Å². The fraction of sp³-hybridized carbons (Fsp3) is 0.435. The number of hydrogen-bond donors (Lipinski definition) is 1. The summed E-state index contributed by atoms with van der Waals surface area (Å²) in [5.74, 6) is -0.582. The highest BCUT2D eigenvalue weighted by molar-refractivity contribution is 7.89. The largest absolute Gasteiger partial charge is 0.354 e. The van der Waals surface area contributed by atoms with Gasteiger partial charge in [0, 0.05) is 32.4 Å². The van der Waals surface area contributed by atoms with E-state index in [-0.39, 0.29) is 11.7 Å².